The third-order valence-corrected chi connectivity index (χ3v) is 21.5. The number of nitrogens with zero attached hydrogens (tertiary/aromatic N) is 5. The van der Waals surface area contributed by atoms with Crippen LogP contribution in [0.15, 0.2) is 297 Å². The summed E-state index contributed by atoms with van der Waals surface area (Å²) in [5.74, 6) is 0.693. The molecule has 0 saturated heterocycles. The SMILES string of the molecule is CC1(C)c2ccccc2-c2ccc(-n3c4ccccc4c4ccc(-c5ccc6c(c5)c5cc(-c7ccc8c9ccccc9n(-c9ccc%10c(c9)C(C)(C)c9ccccc9-%10)c8c7)ccc5n6-c5ccc(-c6nc(-c7ccccc7)c7ccc8ccccc8c7n6)cc5)cc43)cc21. The Bertz CT molecular complexity index is 6050. The molecule has 0 N–H and O–H groups in total. The number of rotatable bonds is 7. The van der Waals surface area contributed by atoms with Gasteiger partial charge in [-0.2, -0.15) is 0 Å². The molecule has 4 aromatic heterocycles. The fraction of sp³-hybridized carbons (Fsp3) is 0.0667. The van der Waals surface area contributed by atoms with Crippen LogP contribution in [0.1, 0.15) is 49.9 Å². The summed E-state index contributed by atoms with van der Waals surface area (Å²) in [7, 11) is 0. The normalized spacial score (nSPS) is 13.6. The Morgan fingerprint density at radius 3 is 1.22 bits per heavy atom. The van der Waals surface area contributed by atoms with Gasteiger partial charge in [-0.3, -0.25) is 0 Å². The monoisotopic (exact) mass is 1210 g/mol. The fourth-order valence-electron chi connectivity index (χ4n) is 16.7. The third kappa shape index (κ3) is 7.78. The lowest BCUT2D eigenvalue weighted by Crippen LogP contribution is -2.15. The summed E-state index contributed by atoms with van der Waals surface area (Å²) in [6, 6.07) is 110. The molecular weight excluding hydrogens is 1150 g/mol. The second-order valence-electron chi connectivity index (χ2n) is 27.3. The Morgan fingerprint density at radius 1 is 0.242 bits per heavy atom. The Morgan fingerprint density at radius 2 is 0.653 bits per heavy atom. The third-order valence-electron chi connectivity index (χ3n) is 21.5. The minimum Gasteiger partial charge on any atom is -0.309 e. The first-order valence-corrected chi connectivity index (χ1v) is 33.1. The Labute approximate surface area is 549 Å². The Kier molecular flexibility index (Phi) is 11.2. The predicted molar refractivity (Wildman–Crippen MR) is 397 cm³/mol. The molecular formula is C90H61N5. The highest BCUT2D eigenvalue weighted by Gasteiger charge is 2.37. The molecule has 14 aromatic carbocycles. The van der Waals surface area contributed by atoms with Crippen LogP contribution < -0.4 is 0 Å². The second kappa shape index (κ2) is 19.8. The molecule has 20 rings (SSSR count). The van der Waals surface area contributed by atoms with Crippen molar-refractivity contribution in [2.75, 3.05) is 0 Å². The van der Waals surface area contributed by atoms with E-state index in [0.29, 0.717) is 5.82 Å². The number of hydrogen-bond donors (Lipinski definition) is 0. The molecule has 0 unspecified atom stereocenters. The van der Waals surface area contributed by atoms with E-state index in [1.807, 2.05) is 0 Å². The zero-order valence-corrected chi connectivity index (χ0v) is 53.0. The Balaban J connectivity index is 0.761. The van der Waals surface area contributed by atoms with Crippen LogP contribution in [0.5, 0.6) is 0 Å². The molecule has 18 aromatic rings. The van der Waals surface area contributed by atoms with Gasteiger partial charge in [0.25, 0.3) is 0 Å². The van der Waals surface area contributed by atoms with Gasteiger partial charge in [0.05, 0.1) is 44.3 Å². The molecule has 0 bridgehead atoms. The summed E-state index contributed by atoms with van der Waals surface area (Å²) in [5, 5.41) is 10.6. The van der Waals surface area contributed by atoms with E-state index in [-0.39, 0.29) is 10.8 Å². The minimum absolute atomic E-state index is 0.128. The van der Waals surface area contributed by atoms with Gasteiger partial charge in [0.2, 0.25) is 0 Å². The lowest BCUT2D eigenvalue weighted by atomic mass is 9.82. The highest BCUT2D eigenvalue weighted by atomic mass is 15.0. The van der Waals surface area contributed by atoms with Crippen molar-refractivity contribution in [2.24, 2.45) is 0 Å². The van der Waals surface area contributed by atoms with Crippen LogP contribution in [0.3, 0.4) is 0 Å². The van der Waals surface area contributed by atoms with Gasteiger partial charge in [-0.1, -0.05) is 222 Å². The zero-order chi connectivity index (χ0) is 63.0. The van der Waals surface area contributed by atoms with E-state index in [2.05, 4.69) is 339 Å². The summed E-state index contributed by atoms with van der Waals surface area (Å²) in [6.07, 6.45) is 0. The van der Waals surface area contributed by atoms with Crippen LogP contribution in [0.2, 0.25) is 0 Å². The van der Waals surface area contributed by atoms with Gasteiger partial charge < -0.3 is 13.7 Å². The molecule has 5 nitrogen and oxygen atoms in total. The zero-order valence-electron chi connectivity index (χ0n) is 53.0. The maximum absolute atomic E-state index is 5.37. The summed E-state index contributed by atoms with van der Waals surface area (Å²) in [6.45, 7) is 9.48. The minimum atomic E-state index is -0.128. The van der Waals surface area contributed by atoms with Crippen LogP contribution in [-0.2, 0) is 10.8 Å². The van der Waals surface area contributed by atoms with Gasteiger partial charge in [0.15, 0.2) is 5.82 Å². The van der Waals surface area contributed by atoms with Gasteiger partial charge in [-0.25, -0.2) is 9.97 Å². The predicted octanol–water partition coefficient (Wildman–Crippen LogP) is 23.4. The maximum atomic E-state index is 5.37. The molecule has 5 heteroatoms. The first kappa shape index (κ1) is 53.7. The van der Waals surface area contributed by atoms with Gasteiger partial charge in [-0.05, 0) is 175 Å². The van der Waals surface area contributed by atoms with E-state index in [1.165, 1.54) is 110 Å². The highest BCUT2D eigenvalue weighted by Crippen LogP contribution is 2.52. The van der Waals surface area contributed by atoms with Crippen molar-refractivity contribution in [3.8, 4) is 84.2 Å². The van der Waals surface area contributed by atoms with Gasteiger partial charge in [0.1, 0.15) is 0 Å². The van der Waals surface area contributed by atoms with E-state index in [9.17, 15) is 0 Å². The molecule has 0 fully saturated rings. The van der Waals surface area contributed by atoms with Crippen molar-refractivity contribution in [3.63, 3.8) is 0 Å². The van der Waals surface area contributed by atoms with E-state index in [4.69, 9.17) is 9.97 Å². The Hall–Kier alpha value is -11.9. The fourth-order valence-corrected chi connectivity index (χ4v) is 16.7. The number of hydrogen-bond acceptors (Lipinski definition) is 2. The number of benzene rings is 14. The molecule has 0 radical (unpaired) electrons. The average molecular weight is 1210 g/mol. The van der Waals surface area contributed by atoms with Crippen molar-refractivity contribution < 1.29 is 0 Å². The highest BCUT2D eigenvalue weighted by molar-refractivity contribution is 6.15. The second-order valence-corrected chi connectivity index (χ2v) is 27.3. The van der Waals surface area contributed by atoms with Crippen LogP contribution in [0.4, 0.5) is 0 Å². The molecule has 2 aliphatic carbocycles. The van der Waals surface area contributed by atoms with Crippen LogP contribution in [0, 0.1) is 0 Å². The van der Waals surface area contributed by atoms with Gasteiger partial charge in [0, 0.05) is 82.1 Å². The van der Waals surface area contributed by atoms with Crippen molar-refractivity contribution >= 4 is 87.1 Å². The van der Waals surface area contributed by atoms with Crippen molar-refractivity contribution in [2.45, 2.75) is 38.5 Å². The van der Waals surface area contributed by atoms with E-state index < -0.39 is 0 Å². The lowest BCUT2D eigenvalue weighted by Gasteiger charge is -2.22. The number of aromatic nitrogens is 5. The molecule has 2 aliphatic rings. The summed E-state index contributed by atoms with van der Waals surface area (Å²) >= 11 is 0. The maximum Gasteiger partial charge on any atom is 0.160 e. The molecule has 0 amide bonds. The molecule has 446 valence electrons. The van der Waals surface area contributed by atoms with Crippen LogP contribution in [-0.4, -0.2) is 23.7 Å². The van der Waals surface area contributed by atoms with E-state index in [0.717, 1.165) is 77.5 Å². The summed E-state index contributed by atoms with van der Waals surface area (Å²) < 4.78 is 7.42. The van der Waals surface area contributed by atoms with Crippen LogP contribution in [0.25, 0.3) is 171 Å². The molecule has 95 heavy (non-hydrogen) atoms. The van der Waals surface area contributed by atoms with Gasteiger partial charge >= 0.3 is 0 Å². The standard InChI is InChI=1S/C90H61N5/c1-89(2)76-26-14-10-22-65(76)67-44-39-62(52-78(67)89)94-80-28-16-12-24-69(80)71-41-33-59(50-84(71)94)57-35-46-82-74(48-57)75-49-58(60-34-42-72-70-25-13-17-29-81(70)95(85(72)51-60)63-40-45-68-66-23-11-15-27-77(66)90(3,4)79(68)53-63)36-47-83(75)93(82)61-37-30-56(31-38-61)88-91-86(55-19-6-5-7-20-55)73-43-32-54-18-8-9-21-64(54)87(73)92-88/h5-53H,1-4H3. The van der Waals surface area contributed by atoms with E-state index >= 15 is 0 Å². The average Bonchev–Trinajstić information content (AvgIpc) is 1.62. The molecule has 0 aliphatic heterocycles. The van der Waals surface area contributed by atoms with Crippen LogP contribution >= 0.6 is 0 Å². The molecule has 0 saturated carbocycles. The smallest absolute Gasteiger partial charge is 0.160 e. The summed E-state index contributed by atoms with van der Waals surface area (Å²) in [5.41, 5.74) is 29.5. The molecule has 0 atom stereocenters. The lowest BCUT2D eigenvalue weighted by molar-refractivity contribution is 0.660. The van der Waals surface area contributed by atoms with Crippen molar-refractivity contribution in [1.82, 2.24) is 23.7 Å². The largest absolute Gasteiger partial charge is 0.309 e. The molecule has 0 spiro atoms. The van der Waals surface area contributed by atoms with Gasteiger partial charge in [-0.15, -0.1) is 0 Å². The topological polar surface area (TPSA) is 40.6 Å². The molecule has 4 heterocycles. The van der Waals surface area contributed by atoms with E-state index in [1.54, 1.807) is 0 Å². The quantitative estimate of drug-likeness (QED) is 0.149. The number of fused-ring (bicyclic) bond motifs is 18. The van der Waals surface area contributed by atoms with Crippen molar-refractivity contribution in [1.29, 1.82) is 0 Å². The number of para-hydroxylation sites is 2. The first-order valence-electron chi connectivity index (χ1n) is 33.1. The first-order chi connectivity index (χ1) is 46.6. The van der Waals surface area contributed by atoms with Crippen molar-refractivity contribution in [3.05, 3.63) is 320 Å². The summed E-state index contributed by atoms with van der Waals surface area (Å²) in [4.78, 5) is 10.7.